The number of nitrogens with one attached hydrogen (secondary N) is 2. The summed E-state index contributed by atoms with van der Waals surface area (Å²) in [5, 5.41) is 7.23. The largest absolute Gasteiger partial charge is 0.379 e. The summed E-state index contributed by atoms with van der Waals surface area (Å²) in [5.74, 6) is 1.56. The summed E-state index contributed by atoms with van der Waals surface area (Å²) in [5.41, 5.74) is 0.456. The quantitative estimate of drug-likeness (QED) is 0.611. The number of methoxy groups -OCH3 is 1. The molecule has 1 spiro atoms. The van der Waals surface area contributed by atoms with Gasteiger partial charge in [0.1, 0.15) is 0 Å². The second-order valence-corrected chi connectivity index (χ2v) is 8.85. The molecule has 0 aromatic heterocycles. The number of fused-ring (bicyclic) bond motifs is 2. The molecule has 5 nitrogen and oxygen atoms in total. The molecule has 24 heavy (non-hydrogen) atoms. The Balaban J connectivity index is 1.61. The van der Waals surface area contributed by atoms with E-state index in [4.69, 9.17) is 9.47 Å². The van der Waals surface area contributed by atoms with Gasteiger partial charge in [0.15, 0.2) is 5.96 Å². The lowest BCUT2D eigenvalue weighted by Gasteiger charge is -2.57. The minimum atomic E-state index is 0.105. The zero-order valence-corrected chi connectivity index (χ0v) is 16.0. The van der Waals surface area contributed by atoms with E-state index in [0.29, 0.717) is 23.5 Å². The van der Waals surface area contributed by atoms with Crippen LogP contribution >= 0.6 is 0 Å². The maximum absolute atomic E-state index is 6.08. The summed E-state index contributed by atoms with van der Waals surface area (Å²) in [6.07, 6.45) is 7.09. The van der Waals surface area contributed by atoms with E-state index in [1.165, 1.54) is 32.1 Å². The number of hydrogen-bond donors (Lipinski definition) is 2. The Morgan fingerprint density at radius 2 is 2.04 bits per heavy atom. The van der Waals surface area contributed by atoms with Crippen molar-refractivity contribution in [3.8, 4) is 0 Å². The highest BCUT2D eigenvalue weighted by molar-refractivity contribution is 5.80. The molecule has 3 fully saturated rings. The van der Waals surface area contributed by atoms with Crippen LogP contribution in [-0.2, 0) is 9.47 Å². The first-order valence-corrected chi connectivity index (χ1v) is 9.54. The van der Waals surface area contributed by atoms with Crippen LogP contribution in [0.3, 0.4) is 0 Å². The lowest BCUT2D eigenvalue weighted by Crippen LogP contribution is -2.69. The predicted octanol–water partition coefficient (Wildman–Crippen LogP) is 2.56. The van der Waals surface area contributed by atoms with Crippen LogP contribution in [0.15, 0.2) is 4.99 Å². The molecule has 0 bridgehead atoms. The van der Waals surface area contributed by atoms with E-state index in [1.54, 1.807) is 7.11 Å². The van der Waals surface area contributed by atoms with Gasteiger partial charge in [-0.15, -0.1) is 0 Å². The highest BCUT2D eigenvalue weighted by atomic mass is 16.5. The van der Waals surface area contributed by atoms with Gasteiger partial charge in [-0.3, -0.25) is 4.99 Å². The Labute approximate surface area is 147 Å². The number of aliphatic imine (C=N–C) groups is 1. The van der Waals surface area contributed by atoms with Crippen molar-refractivity contribution in [2.45, 2.75) is 71.1 Å². The Hall–Kier alpha value is -0.810. The molecular weight excluding hydrogens is 302 g/mol. The third-order valence-electron chi connectivity index (χ3n) is 6.51. The standard InChI is InChI=1S/C19H35N3O2/c1-18(2,3)14(23-5)12-21-17(20-4)22-15-13-8-11-24-16(13)19(15)9-6-7-10-19/h13-16H,6-12H2,1-5H3,(H2,20,21,22). The lowest BCUT2D eigenvalue weighted by molar-refractivity contribution is -0.125. The van der Waals surface area contributed by atoms with Crippen molar-refractivity contribution in [3.05, 3.63) is 0 Å². The minimum Gasteiger partial charge on any atom is -0.379 e. The van der Waals surface area contributed by atoms with Crippen LogP contribution in [0, 0.1) is 16.7 Å². The van der Waals surface area contributed by atoms with Gasteiger partial charge in [0.2, 0.25) is 0 Å². The molecule has 5 heteroatoms. The molecule has 0 aromatic carbocycles. The highest BCUT2D eigenvalue weighted by Crippen LogP contribution is 2.60. The van der Waals surface area contributed by atoms with Crippen molar-refractivity contribution < 1.29 is 9.47 Å². The van der Waals surface area contributed by atoms with Crippen LogP contribution in [0.4, 0.5) is 0 Å². The van der Waals surface area contributed by atoms with Crippen LogP contribution in [0.2, 0.25) is 0 Å². The zero-order chi connectivity index (χ0) is 17.4. The Morgan fingerprint density at radius 1 is 1.33 bits per heavy atom. The molecule has 2 aliphatic carbocycles. The van der Waals surface area contributed by atoms with Crippen LogP contribution < -0.4 is 10.6 Å². The van der Waals surface area contributed by atoms with E-state index in [2.05, 4.69) is 36.4 Å². The second-order valence-electron chi connectivity index (χ2n) is 8.85. The van der Waals surface area contributed by atoms with E-state index >= 15 is 0 Å². The molecule has 4 unspecified atom stereocenters. The summed E-state index contributed by atoms with van der Waals surface area (Å²) < 4.78 is 11.7. The second kappa shape index (κ2) is 6.83. The Kier molecular flexibility index (Phi) is 5.12. The fourth-order valence-electron chi connectivity index (χ4n) is 5.18. The summed E-state index contributed by atoms with van der Waals surface area (Å²) in [6.45, 7) is 8.32. The molecule has 3 rings (SSSR count). The van der Waals surface area contributed by atoms with E-state index < -0.39 is 0 Å². The average Bonchev–Trinajstić information content (AvgIpc) is 3.17. The molecule has 3 aliphatic rings. The van der Waals surface area contributed by atoms with Gasteiger partial charge < -0.3 is 20.1 Å². The molecule has 2 N–H and O–H groups in total. The van der Waals surface area contributed by atoms with Crippen molar-refractivity contribution in [3.63, 3.8) is 0 Å². The van der Waals surface area contributed by atoms with Crippen molar-refractivity contribution in [1.82, 2.24) is 10.6 Å². The summed E-state index contributed by atoms with van der Waals surface area (Å²) in [6, 6.07) is 0.509. The first kappa shape index (κ1) is 18.0. The predicted molar refractivity (Wildman–Crippen MR) is 97.3 cm³/mol. The molecule has 4 atom stereocenters. The highest BCUT2D eigenvalue weighted by Gasteiger charge is 2.65. The van der Waals surface area contributed by atoms with Crippen LogP contribution in [-0.4, -0.2) is 51.5 Å². The number of nitrogens with zero attached hydrogens (tertiary/aromatic N) is 1. The topological polar surface area (TPSA) is 54.9 Å². The van der Waals surface area contributed by atoms with Crippen LogP contribution in [0.1, 0.15) is 52.9 Å². The van der Waals surface area contributed by atoms with Gasteiger partial charge in [0, 0.05) is 44.7 Å². The molecule has 0 amide bonds. The van der Waals surface area contributed by atoms with E-state index in [1.807, 2.05) is 7.05 Å². The SMILES string of the molecule is CN=C(NCC(OC)C(C)(C)C)NC1C2CCOC2C12CCCC2. The van der Waals surface area contributed by atoms with Gasteiger partial charge in [0.05, 0.1) is 12.2 Å². The van der Waals surface area contributed by atoms with Crippen molar-refractivity contribution in [1.29, 1.82) is 0 Å². The molecule has 1 saturated heterocycles. The van der Waals surface area contributed by atoms with Crippen molar-refractivity contribution >= 4 is 5.96 Å². The third-order valence-corrected chi connectivity index (χ3v) is 6.51. The molecular formula is C19H35N3O2. The summed E-state index contributed by atoms with van der Waals surface area (Å²) >= 11 is 0. The summed E-state index contributed by atoms with van der Waals surface area (Å²) in [4.78, 5) is 4.46. The molecule has 0 aromatic rings. The van der Waals surface area contributed by atoms with Gasteiger partial charge in [-0.1, -0.05) is 33.6 Å². The molecule has 0 radical (unpaired) electrons. The third kappa shape index (κ3) is 3.05. The maximum atomic E-state index is 6.08. The van der Waals surface area contributed by atoms with Crippen molar-refractivity contribution in [2.24, 2.45) is 21.7 Å². The zero-order valence-electron chi connectivity index (χ0n) is 16.0. The molecule has 138 valence electrons. The van der Waals surface area contributed by atoms with Gasteiger partial charge in [-0.2, -0.15) is 0 Å². The number of hydrogen-bond acceptors (Lipinski definition) is 3. The fourth-order valence-corrected chi connectivity index (χ4v) is 5.18. The minimum absolute atomic E-state index is 0.105. The fraction of sp³-hybridized carbons (Fsp3) is 0.947. The van der Waals surface area contributed by atoms with Crippen LogP contribution in [0.25, 0.3) is 0 Å². The van der Waals surface area contributed by atoms with Gasteiger partial charge in [-0.25, -0.2) is 0 Å². The average molecular weight is 338 g/mol. The first-order valence-electron chi connectivity index (χ1n) is 9.54. The van der Waals surface area contributed by atoms with Crippen LogP contribution in [0.5, 0.6) is 0 Å². The van der Waals surface area contributed by atoms with E-state index in [-0.39, 0.29) is 11.5 Å². The Bertz CT molecular complexity index is 466. The lowest BCUT2D eigenvalue weighted by atomic mass is 9.54. The smallest absolute Gasteiger partial charge is 0.191 e. The Morgan fingerprint density at radius 3 is 2.62 bits per heavy atom. The monoisotopic (exact) mass is 337 g/mol. The number of guanidine groups is 1. The normalized spacial score (nSPS) is 33.2. The summed E-state index contributed by atoms with van der Waals surface area (Å²) in [7, 11) is 3.64. The van der Waals surface area contributed by atoms with Gasteiger partial charge >= 0.3 is 0 Å². The van der Waals surface area contributed by atoms with Gasteiger partial charge in [-0.05, 0) is 24.7 Å². The number of rotatable bonds is 4. The number of ether oxygens (including phenoxy) is 2. The van der Waals surface area contributed by atoms with E-state index in [0.717, 1.165) is 19.1 Å². The van der Waals surface area contributed by atoms with E-state index in [9.17, 15) is 0 Å². The molecule has 1 heterocycles. The maximum Gasteiger partial charge on any atom is 0.191 e. The van der Waals surface area contributed by atoms with Crippen molar-refractivity contribution in [2.75, 3.05) is 27.3 Å². The molecule has 1 aliphatic heterocycles. The first-order chi connectivity index (χ1) is 11.4. The molecule has 2 saturated carbocycles. The van der Waals surface area contributed by atoms with Gasteiger partial charge in [0.25, 0.3) is 0 Å².